The van der Waals surface area contributed by atoms with E-state index in [-0.39, 0.29) is 5.91 Å². The molecular formula is C18H28N2O. The van der Waals surface area contributed by atoms with Gasteiger partial charge in [-0.15, -0.1) is 0 Å². The molecular weight excluding hydrogens is 260 g/mol. The molecule has 0 radical (unpaired) electrons. The van der Waals surface area contributed by atoms with Crippen molar-refractivity contribution in [2.75, 3.05) is 26.7 Å². The zero-order valence-corrected chi connectivity index (χ0v) is 13.4. The number of rotatable bonds is 6. The predicted octanol–water partition coefficient (Wildman–Crippen LogP) is 2.64. The van der Waals surface area contributed by atoms with Crippen LogP contribution < -0.4 is 5.32 Å². The zero-order chi connectivity index (χ0) is 15.1. The first-order valence-corrected chi connectivity index (χ1v) is 8.23. The summed E-state index contributed by atoms with van der Waals surface area (Å²) in [5.41, 5.74) is 2.46. The fourth-order valence-corrected chi connectivity index (χ4v) is 3.00. The molecule has 3 heteroatoms. The molecule has 21 heavy (non-hydrogen) atoms. The van der Waals surface area contributed by atoms with Crippen molar-refractivity contribution < 1.29 is 4.79 Å². The normalized spacial score (nSPS) is 16.2. The van der Waals surface area contributed by atoms with Crippen molar-refractivity contribution in [1.29, 1.82) is 0 Å². The van der Waals surface area contributed by atoms with E-state index in [4.69, 9.17) is 0 Å². The van der Waals surface area contributed by atoms with Crippen molar-refractivity contribution in [3.05, 3.63) is 35.4 Å². The Kier molecular flexibility index (Phi) is 6.24. The van der Waals surface area contributed by atoms with Crippen molar-refractivity contribution >= 4 is 5.91 Å². The van der Waals surface area contributed by atoms with Gasteiger partial charge in [-0.3, -0.25) is 4.79 Å². The van der Waals surface area contributed by atoms with Gasteiger partial charge >= 0.3 is 0 Å². The van der Waals surface area contributed by atoms with Gasteiger partial charge in [0, 0.05) is 13.1 Å². The van der Waals surface area contributed by atoms with E-state index in [0.29, 0.717) is 6.42 Å². The number of likely N-dealkylation sites (tertiary alicyclic amines) is 1. The van der Waals surface area contributed by atoms with Crippen molar-refractivity contribution in [2.24, 2.45) is 5.92 Å². The Hall–Kier alpha value is -1.35. The van der Waals surface area contributed by atoms with Crippen molar-refractivity contribution in [2.45, 2.75) is 39.0 Å². The molecule has 1 aromatic rings. The molecule has 1 amide bonds. The Morgan fingerprint density at radius 1 is 1.19 bits per heavy atom. The van der Waals surface area contributed by atoms with Gasteiger partial charge in [-0.1, -0.05) is 31.2 Å². The number of hydrogen-bond acceptors (Lipinski definition) is 2. The van der Waals surface area contributed by atoms with Gasteiger partial charge in [-0.2, -0.15) is 0 Å². The molecule has 0 spiro atoms. The number of piperidine rings is 1. The number of benzene rings is 1. The quantitative estimate of drug-likeness (QED) is 0.873. The molecule has 1 saturated heterocycles. The van der Waals surface area contributed by atoms with E-state index in [2.05, 4.69) is 36.5 Å². The number of hydrogen-bond donors (Lipinski definition) is 1. The summed E-state index contributed by atoms with van der Waals surface area (Å²) in [5, 5.41) is 3.21. The molecule has 0 saturated carbocycles. The highest BCUT2D eigenvalue weighted by atomic mass is 16.2. The van der Waals surface area contributed by atoms with E-state index in [1.165, 1.54) is 12.0 Å². The standard InChI is InChI=1S/C18H28N2O/c1-3-15-4-6-17(7-5-15)14-18(21)20-12-9-16(10-13-20)8-11-19-2/h4-7,16,19H,3,8-14H2,1-2H3. The molecule has 3 nitrogen and oxygen atoms in total. The summed E-state index contributed by atoms with van der Waals surface area (Å²) in [6, 6.07) is 8.45. The topological polar surface area (TPSA) is 32.3 Å². The third-order valence-electron chi connectivity index (χ3n) is 4.56. The van der Waals surface area contributed by atoms with E-state index < -0.39 is 0 Å². The Labute approximate surface area is 128 Å². The maximum atomic E-state index is 12.4. The summed E-state index contributed by atoms with van der Waals surface area (Å²) in [6.07, 6.45) is 5.14. The average Bonchev–Trinajstić information content (AvgIpc) is 2.54. The van der Waals surface area contributed by atoms with E-state index >= 15 is 0 Å². The minimum atomic E-state index is 0.284. The second-order valence-electron chi connectivity index (χ2n) is 6.06. The van der Waals surface area contributed by atoms with Crippen LogP contribution in [-0.2, 0) is 17.6 Å². The van der Waals surface area contributed by atoms with Crippen LogP contribution in [-0.4, -0.2) is 37.5 Å². The molecule has 1 fully saturated rings. The smallest absolute Gasteiger partial charge is 0.226 e. The van der Waals surface area contributed by atoms with Gasteiger partial charge in [0.05, 0.1) is 6.42 Å². The molecule has 1 N–H and O–H groups in total. The van der Waals surface area contributed by atoms with Gasteiger partial charge in [0.25, 0.3) is 0 Å². The molecule has 1 aliphatic heterocycles. The number of carbonyl (C=O) groups excluding carboxylic acids is 1. The maximum Gasteiger partial charge on any atom is 0.226 e. The second-order valence-corrected chi connectivity index (χ2v) is 6.06. The Balaban J connectivity index is 1.78. The van der Waals surface area contributed by atoms with Gasteiger partial charge in [-0.25, -0.2) is 0 Å². The lowest BCUT2D eigenvalue weighted by Crippen LogP contribution is -2.39. The predicted molar refractivity (Wildman–Crippen MR) is 87.4 cm³/mol. The number of nitrogens with zero attached hydrogens (tertiary/aromatic N) is 1. The zero-order valence-electron chi connectivity index (χ0n) is 13.4. The highest BCUT2D eigenvalue weighted by Crippen LogP contribution is 2.20. The van der Waals surface area contributed by atoms with Crippen LogP contribution in [0.1, 0.15) is 37.3 Å². The first kappa shape index (κ1) is 16.0. The van der Waals surface area contributed by atoms with E-state index in [1.54, 1.807) is 0 Å². The van der Waals surface area contributed by atoms with Crippen LogP contribution in [0.3, 0.4) is 0 Å². The Morgan fingerprint density at radius 3 is 2.38 bits per heavy atom. The van der Waals surface area contributed by atoms with Crippen molar-refractivity contribution in [3.63, 3.8) is 0 Å². The van der Waals surface area contributed by atoms with Gasteiger partial charge in [0.2, 0.25) is 5.91 Å². The van der Waals surface area contributed by atoms with E-state index in [9.17, 15) is 4.79 Å². The molecule has 2 rings (SSSR count). The molecule has 116 valence electrons. The number of nitrogens with one attached hydrogen (secondary N) is 1. The van der Waals surface area contributed by atoms with E-state index in [0.717, 1.165) is 50.4 Å². The SMILES string of the molecule is CCc1ccc(CC(=O)N2CCC(CCNC)CC2)cc1. The molecule has 1 aromatic carbocycles. The maximum absolute atomic E-state index is 12.4. The first-order valence-electron chi connectivity index (χ1n) is 8.23. The summed E-state index contributed by atoms with van der Waals surface area (Å²) in [4.78, 5) is 14.4. The van der Waals surface area contributed by atoms with Crippen molar-refractivity contribution in [1.82, 2.24) is 10.2 Å². The van der Waals surface area contributed by atoms with Crippen LogP contribution >= 0.6 is 0 Å². The Bertz CT molecular complexity index is 433. The third-order valence-corrected chi connectivity index (χ3v) is 4.56. The Morgan fingerprint density at radius 2 is 1.81 bits per heavy atom. The second kappa shape index (κ2) is 8.18. The monoisotopic (exact) mass is 288 g/mol. The van der Waals surface area contributed by atoms with Crippen LogP contribution in [0.15, 0.2) is 24.3 Å². The largest absolute Gasteiger partial charge is 0.342 e. The fourth-order valence-electron chi connectivity index (χ4n) is 3.00. The molecule has 1 aliphatic rings. The molecule has 0 bridgehead atoms. The molecule has 0 aliphatic carbocycles. The molecule has 0 aromatic heterocycles. The van der Waals surface area contributed by atoms with Gasteiger partial charge < -0.3 is 10.2 Å². The third kappa shape index (κ3) is 4.85. The highest BCUT2D eigenvalue weighted by Gasteiger charge is 2.22. The first-order chi connectivity index (χ1) is 10.2. The summed E-state index contributed by atoms with van der Waals surface area (Å²) in [7, 11) is 2.00. The summed E-state index contributed by atoms with van der Waals surface area (Å²) in [5.74, 6) is 1.07. The summed E-state index contributed by atoms with van der Waals surface area (Å²) in [6.45, 7) is 5.10. The van der Waals surface area contributed by atoms with Crippen LogP contribution in [0.4, 0.5) is 0 Å². The van der Waals surface area contributed by atoms with Crippen molar-refractivity contribution in [3.8, 4) is 0 Å². The van der Waals surface area contributed by atoms with Crippen LogP contribution in [0.5, 0.6) is 0 Å². The van der Waals surface area contributed by atoms with Crippen LogP contribution in [0, 0.1) is 5.92 Å². The molecule has 0 atom stereocenters. The summed E-state index contributed by atoms with van der Waals surface area (Å²) < 4.78 is 0. The summed E-state index contributed by atoms with van der Waals surface area (Å²) >= 11 is 0. The lowest BCUT2D eigenvalue weighted by Gasteiger charge is -2.32. The fraction of sp³-hybridized carbons (Fsp3) is 0.611. The molecule has 0 unspecified atom stereocenters. The minimum absolute atomic E-state index is 0.284. The number of aryl methyl sites for hydroxylation is 1. The lowest BCUT2D eigenvalue weighted by atomic mass is 9.93. The van der Waals surface area contributed by atoms with E-state index in [1.807, 2.05) is 11.9 Å². The number of amides is 1. The van der Waals surface area contributed by atoms with Gasteiger partial charge in [0.1, 0.15) is 0 Å². The van der Waals surface area contributed by atoms with Gasteiger partial charge in [-0.05, 0) is 56.3 Å². The minimum Gasteiger partial charge on any atom is -0.342 e. The van der Waals surface area contributed by atoms with Crippen LogP contribution in [0.2, 0.25) is 0 Å². The number of carbonyl (C=O) groups is 1. The average molecular weight is 288 g/mol. The molecule has 1 heterocycles. The van der Waals surface area contributed by atoms with Crippen LogP contribution in [0.25, 0.3) is 0 Å². The highest BCUT2D eigenvalue weighted by molar-refractivity contribution is 5.78. The van der Waals surface area contributed by atoms with Gasteiger partial charge in [0.15, 0.2) is 0 Å². The lowest BCUT2D eigenvalue weighted by molar-refractivity contribution is -0.131.